The van der Waals surface area contributed by atoms with Gasteiger partial charge in [0.25, 0.3) is 0 Å². The highest BCUT2D eigenvalue weighted by Gasteiger charge is 2.22. The van der Waals surface area contributed by atoms with E-state index in [2.05, 4.69) is 55.9 Å². The van der Waals surface area contributed by atoms with Crippen LogP contribution in [-0.2, 0) is 11.3 Å². The Hall–Kier alpha value is -1.32. The summed E-state index contributed by atoms with van der Waals surface area (Å²) in [7, 11) is 0. The molecule has 132 valence electrons. The molecule has 0 spiro atoms. The predicted octanol–water partition coefficient (Wildman–Crippen LogP) is 4.99. The number of fused-ring (bicyclic) bond motifs is 1. The van der Waals surface area contributed by atoms with Crippen molar-refractivity contribution in [1.29, 1.82) is 0 Å². The van der Waals surface area contributed by atoms with E-state index in [-0.39, 0.29) is 0 Å². The zero-order valence-corrected chi connectivity index (χ0v) is 15.7. The van der Waals surface area contributed by atoms with Gasteiger partial charge in [-0.05, 0) is 61.8 Å². The van der Waals surface area contributed by atoms with Crippen LogP contribution in [0.3, 0.4) is 0 Å². The van der Waals surface area contributed by atoms with E-state index in [1.54, 1.807) is 0 Å². The summed E-state index contributed by atoms with van der Waals surface area (Å²) in [6.07, 6.45) is 6.06. The number of aryl methyl sites for hydroxylation is 1. The first-order chi connectivity index (χ1) is 11.6. The van der Waals surface area contributed by atoms with Gasteiger partial charge in [0, 0.05) is 43.3 Å². The summed E-state index contributed by atoms with van der Waals surface area (Å²) in [4.78, 5) is 6.04. The van der Waals surface area contributed by atoms with Crippen LogP contribution in [0.15, 0.2) is 18.3 Å². The van der Waals surface area contributed by atoms with E-state index in [4.69, 9.17) is 4.74 Å². The molecule has 0 aliphatic carbocycles. The fourth-order valence-electron chi connectivity index (χ4n) is 4.02. The molecule has 0 bridgehead atoms. The van der Waals surface area contributed by atoms with Crippen molar-refractivity contribution in [3.05, 3.63) is 35.0 Å². The van der Waals surface area contributed by atoms with Gasteiger partial charge < -0.3 is 9.72 Å². The quantitative estimate of drug-likeness (QED) is 0.809. The Labute approximate surface area is 146 Å². The molecule has 0 saturated carbocycles. The lowest BCUT2D eigenvalue weighted by molar-refractivity contribution is 0.0125. The van der Waals surface area contributed by atoms with Crippen molar-refractivity contribution in [3.63, 3.8) is 0 Å². The van der Waals surface area contributed by atoms with E-state index in [0.717, 1.165) is 39.1 Å². The van der Waals surface area contributed by atoms with E-state index in [0.29, 0.717) is 12.0 Å². The summed E-state index contributed by atoms with van der Waals surface area (Å²) in [6.45, 7) is 13.2. The van der Waals surface area contributed by atoms with Crippen LogP contribution in [0.5, 0.6) is 0 Å². The van der Waals surface area contributed by atoms with Gasteiger partial charge in [0.2, 0.25) is 0 Å². The van der Waals surface area contributed by atoms with E-state index < -0.39 is 0 Å². The highest BCUT2D eigenvalue weighted by molar-refractivity contribution is 5.87. The van der Waals surface area contributed by atoms with Crippen molar-refractivity contribution in [3.8, 4) is 0 Å². The molecule has 1 atom stereocenters. The Morgan fingerprint density at radius 2 is 2.04 bits per heavy atom. The minimum Gasteiger partial charge on any atom is -0.378 e. The van der Waals surface area contributed by atoms with Crippen LogP contribution in [0.2, 0.25) is 0 Å². The largest absolute Gasteiger partial charge is 0.378 e. The molecule has 1 saturated heterocycles. The number of aromatic nitrogens is 1. The summed E-state index contributed by atoms with van der Waals surface area (Å²) < 4.78 is 5.80. The van der Waals surface area contributed by atoms with Gasteiger partial charge in [0.1, 0.15) is 0 Å². The molecule has 1 fully saturated rings. The fraction of sp³-hybridized carbons (Fsp3) is 0.619. The van der Waals surface area contributed by atoms with Crippen LogP contribution < -0.4 is 0 Å². The number of rotatable bonds is 6. The molecule has 3 rings (SSSR count). The minimum absolute atomic E-state index is 0.464. The first kappa shape index (κ1) is 17.5. The Morgan fingerprint density at radius 1 is 1.29 bits per heavy atom. The van der Waals surface area contributed by atoms with Crippen LogP contribution in [0.4, 0.5) is 0 Å². The smallest absolute Gasteiger partial charge is 0.0599 e. The number of nitrogens with zero attached hydrogens (tertiary/aromatic N) is 1. The highest BCUT2D eigenvalue weighted by Crippen LogP contribution is 2.33. The molecule has 1 N–H and O–H groups in total. The molecule has 3 heteroatoms. The lowest BCUT2D eigenvalue weighted by Gasteiger charge is -2.33. The molecule has 0 radical (unpaired) electrons. The summed E-state index contributed by atoms with van der Waals surface area (Å²) in [5.41, 5.74) is 5.74. The van der Waals surface area contributed by atoms with Crippen LogP contribution in [-0.4, -0.2) is 35.7 Å². The number of piperidine rings is 1. The second kappa shape index (κ2) is 7.71. The maximum absolute atomic E-state index is 5.80. The number of hydrogen-bond acceptors (Lipinski definition) is 2. The Morgan fingerprint density at radius 3 is 2.71 bits per heavy atom. The van der Waals surface area contributed by atoms with Crippen molar-refractivity contribution in [1.82, 2.24) is 9.88 Å². The zero-order valence-electron chi connectivity index (χ0n) is 15.7. The maximum atomic E-state index is 5.80. The second-order valence-corrected chi connectivity index (χ2v) is 7.27. The number of H-pyrrole nitrogens is 1. The molecule has 1 aliphatic heterocycles. The monoisotopic (exact) mass is 328 g/mol. The summed E-state index contributed by atoms with van der Waals surface area (Å²) in [5.74, 6) is 0.610. The third-order valence-corrected chi connectivity index (χ3v) is 5.65. The molecular formula is C21H32N2O. The van der Waals surface area contributed by atoms with Gasteiger partial charge in [0.05, 0.1) is 6.10 Å². The number of aromatic amines is 1. The highest BCUT2D eigenvalue weighted by atomic mass is 16.5. The number of benzene rings is 1. The van der Waals surface area contributed by atoms with Crippen molar-refractivity contribution in [2.75, 3.05) is 19.7 Å². The van der Waals surface area contributed by atoms with Crippen LogP contribution in [0.25, 0.3) is 10.9 Å². The van der Waals surface area contributed by atoms with Crippen molar-refractivity contribution < 1.29 is 4.74 Å². The van der Waals surface area contributed by atoms with Crippen molar-refractivity contribution >= 4 is 10.9 Å². The van der Waals surface area contributed by atoms with E-state index in [1.165, 1.54) is 34.0 Å². The molecule has 1 aromatic carbocycles. The molecular weight excluding hydrogens is 296 g/mol. The lowest BCUT2D eigenvalue weighted by Crippen LogP contribution is -2.36. The molecule has 1 unspecified atom stereocenters. The maximum Gasteiger partial charge on any atom is 0.0599 e. The standard InChI is InChI=1S/C21H32N2O/c1-5-15(3)19-13-16(4)21-18(7-10-22-21)20(19)14-23-11-8-17(9-12-23)24-6-2/h7,10,13,15,17,22H,5-6,8-9,11-12,14H2,1-4H3. The summed E-state index contributed by atoms with van der Waals surface area (Å²) in [6, 6.07) is 4.67. The van der Waals surface area contributed by atoms with Crippen LogP contribution >= 0.6 is 0 Å². The molecule has 3 nitrogen and oxygen atoms in total. The Balaban J connectivity index is 1.85. The second-order valence-electron chi connectivity index (χ2n) is 7.27. The SMILES string of the molecule is CCOC1CCN(Cc2c(C(C)CC)cc(C)c3[nH]ccc23)CC1. The molecule has 2 heterocycles. The number of likely N-dealkylation sites (tertiary alicyclic amines) is 1. The van der Waals surface area contributed by atoms with E-state index >= 15 is 0 Å². The van der Waals surface area contributed by atoms with Crippen LogP contribution in [0, 0.1) is 6.92 Å². The number of nitrogens with one attached hydrogen (secondary N) is 1. The van der Waals surface area contributed by atoms with Gasteiger partial charge in [-0.25, -0.2) is 0 Å². The topological polar surface area (TPSA) is 28.3 Å². The minimum atomic E-state index is 0.464. The average molecular weight is 329 g/mol. The van der Waals surface area contributed by atoms with Gasteiger partial charge >= 0.3 is 0 Å². The third kappa shape index (κ3) is 3.52. The summed E-state index contributed by atoms with van der Waals surface area (Å²) >= 11 is 0. The number of ether oxygens (including phenoxy) is 1. The van der Waals surface area contributed by atoms with Crippen LogP contribution in [0.1, 0.15) is 62.6 Å². The van der Waals surface area contributed by atoms with Crippen molar-refractivity contribution in [2.45, 2.75) is 65.5 Å². The normalized spacial score (nSPS) is 18.3. The molecule has 0 amide bonds. The average Bonchev–Trinajstić information content (AvgIpc) is 3.09. The predicted molar refractivity (Wildman–Crippen MR) is 102 cm³/mol. The first-order valence-electron chi connectivity index (χ1n) is 9.57. The van der Waals surface area contributed by atoms with E-state index in [9.17, 15) is 0 Å². The molecule has 1 aliphatic rings. The molecule has 1 aromatic heterocycles. The lowest BCUT2D eigenvalue weighted by atomic mass is 9.89. The fourth-order valence-corrected chi connectivity index (χ4v) is 4.02. The van der Waals surface area contributed by atoms with Gasteiger partial charge in [-0.15, -0.1) is 0 Å². The zero-order chi connectivity index (χ0) is 17.1. The van der Waals surface area contributed by atoms with E-state index in [1.807, 2.05) is 0 Å². The van der Waals surface area contributed by atoms with Gasteiger partial charge in [-0.2, -0.15) is 0 Å². The van der Waals surface area contributed by atoms with Crippen molar-refractivity contribution in [2.24, 2.45) is 0 Å². The summed E-state index contributed by atoms with van der Waals surface area (Å²) in [5, 5.41) is 1.41. The molecule has 24 heavy (non-hydrogen) atoms. The Bertz CT molecular complexity index is 668. The van der Waals surface area contributed by atoms with Gasteiger partial charge in [-0.3, -0.25) is 4.90 Å². The first-order valence-corrected chi connectivity index (χ1v) is 9.57. The van der Waals surface area contributed by atoms with Gasteiger partial charge in [-0.1, -0.05) is 19.9 Å². The number of hydrogen-bond donors (Lipinski definition) is 1. The van der Waals surface area contributed by atoms with Gasteiger partial charge in [0.15, 0.2) is 0 Å². The molecule has 2 aromatic rings. The third-order valence-electron chi connectivity index (χ3n) is 5.65. The Kier molecular flexibility index (Phi) is 5.62.